The molecule has 0 radical (unpaired) electrons. The lowest BCUT2D eigenvalue weighted by Gasteiger charge is -2.20. The molecule has 0 aromatic rings. The van der Waals surface area contributed by atoms with Crippen LogP contribution in [0.2, 0.25) is 0 Å². The van der Waals surface area contributed by atoms with Crippen molar-refractivity contribution in [3.8, 4) is 0 Å². The topological polar surface area (TPSA) is 132 Å². The van der Waals surface area contributed by atoms with Crippen molar-refractivity contribution in [1.29, 1.82) is 0 Å². The van der Waals surface area contributed by atoms with E-state index in [1.807, 2.05) is 6.08 Å². The van der Waals surface area contributed by atoms with E-state index < -0.39 is 45.8 Å². The summed E-state index contributed by atoms with van der Waals surface area (Å²) in [5.74, 6) is -0.466. The summed E-state index contributed by atoms with van der Waals surface area (Å²) in [4.78, 5) is 22.5. The van der Waals surface area contributed by atoms with Gasteiger partial charge in [0.2, 0.25) is 0 Å². The van der Waals surface area contributed by atoms with Crippen LogP contribution in [0.4, 0.5) is 0 Å². The maximum atomic E-state index is 12.6. The SMILES string of the molecule is CC/C=C\C/C=C\C/C=C\C/C=C\C/C=C\C/C=C\C/C=C\CCCC(=O)OC(COCCC/C=C\C/C=C\C/C=C\C/C=C\CC)COP(=O)(O)OCC(O)CO. The second kappa shape index (κ2) is 43.2. The molecule has 0 heterocycles. The Morgan fingerprint density at radius 2 is 0.897 bits per heavy atom. The molecule has 0 amide bonds. The highest BCUT2D eigenvalue weighted by atomic mass is 31.2. The Labute approximate surface area is 351 Å². The minimum Gasteiger partial charge on any atom is -0.457 e. The van der Waals surface area contributed by atoms with E-state index in [-0.39, 0.29) is 13.0 Å². The normalized spacial score (nSPS) is 15.3. The van der Waals surface area contributed by atoms with Crippen LogP contribution in [0, 0.1) is 0 Å². The second-order valence-corrected chi connectivity index (χ2v) is 14.7. The van der Waals surface area contributed by atoms with E-state index in [0.29, 0.717) is 19.4 Å². The quantitative estimate of drug-likeness (QED) is 0.0241. The van der Waals surface area contributed by atoms with Gasteiger partial charge in [-0.2, -0.15) is 0 Å². The van der Waals surface area contributed by atoms with E-state index in [0.717, 1.165) is 83.5 Å². The van der Waals surface area contributed by atoms with Crippen molar-refractivity contribution in [3.63, 3.8) is 0 Å². The molecule has 0 saturated heterocycles. The van der Waals surface area contributed by atoms with E-state index in [4.69, 9.17) is 23.6 Å². The molecule has 3 unspecified atom stereocenters. The van der Waals surface area contributed by atoms with Gasteiger partial charge in [-0.25, -0.2) is 4.57 Å². The number of hydrogen-bond acceptors (Lipinski definition) is 8. The zero-order valence-electron chi connectivity index (χ0n) is 35.4. The Kier molecular flexibility index (Phi) is 40.7. The summed E-state index contributed by atoms with van der Waals surface area (Å²) in [6, 6.07) is 0. The maximum absolute atomic E-state index is 12.6. The lowest BCUT2D eigenvalue weighted by Crippen LogP contribution is -2.29. The number of aliphatic hydroxyl groups is 2. The first-order valence-corrected chi connectivity index (χ1v) is 22.7. The molecule has 326 valence electrons. The van der Waals surface area contributed by atoms with Crippen LogP contribution >= 0.6 is 7.82 Å². The van der Waals surface area contributed by atoms with E-state index >= 15 is 0 Å². The fourth-order valence-corrected chi connectivity index (χ4v) is 5.49. The van der Waals surface area contributed by atoms with Gasteiger partial charge >= 0.3 is 13.8 Å². The fourth-order valence-electron chi connectivity index (χ4n) is 4.70. The number of carbonyl (C=O) groups excluding carboxylic acids is 1. The first-order chi connectivity index (χ1) is 28.3. The number of hydrogen-bond donors (Lipinski definition) is 3. The summed E-state index contributed by atoms with van der Waals surface area (Å²) in [6.45, 7) is 3.00. The molecule has 58 heavy (non-hydrogen) atoms. The third-order valence-corrected chi connectivity index (χ3v) is 8.78. The lowest BCUT2D eigenvalue weighted by atomic mass is 10.2. The van der Waals surface area contributed by atoms with E-state index in [1.54, 1.807) is 0 Å². The van der Waals surface area contributed by atoms with Crippen molar-refractivity contribution in [3.05, 3.63) is 134 Å². The number of phosphoric acid groups is 1. The van der Waals surface area contributed by atoms with Crippen LogP contribution in [0.1, 0.15) is 117 Å². The number of phosphoric ester groups is 1. The predicted molar refractivity (Wildman–Crippen MR) is 241 cm³/mol. The van der Waals surface area contributed by atoms with Crippen molar-refractivity contribution < 1.29 is 43.0 Å². The molecule has 3 N–H and O–H groups in total. The highest BCUT2D eigenvalue weighted by Crippen LogP contribution is 2.43. The minimum atomic E-state index is -4.56. The van der Waals surface area contributed by atoms with Gasteiger partial charge in [0.1, 0.15) is 12.2 Å². The molecular weight excluding hydrogens is 751 g/mol. The number of rotatable bonds is 38. The van der Waals surface area contributed by atoms with Crippen LogP contribution in [-0.4, -0.2) is 66.3 Å². The smallest absolute Gasteiger partial charge is 0.457 e. The minimum absolute atomic E-state index is 0.0227. The van der Waals surface area contributed by atoms with Gasteiger partial charge in [-0.3, -0.25) is 13.8 Å². The molecule has 9 nitrogen and oxygen atoms in total. The van der Waals surface area contributed by atoms with E-state index in [9.17, 15) is 19.4 Å². The van der Waals surface area contributed by atoms with Gasteiger partial charge in [0, 0.05) is 13.0 Å². The standard InChI is InChI=1S/C48H75O9P/c1-3-5-7-9-11-13-15-17-19-20-21-22-23-24-25-26-27-28-30-32-34-36-38-40-48(51)57-47(45-56-58(52,53)55-43-46(50)42-49)44-54-41-39-37-35-33-31-29-18-16-14-12-10-8-6-4-2/h5-8,11-14,17-19,21-22,24-25,27-29,32-35,46-47,49-50H,3-4,9-10,15-16,20,23,26,30-31,36-45H2,1-2H3,(H,52,53)/b7-5-,8-6-,13-11-,14-12-,19-17-,22-21-,25-24-,28-27-,29-18-,34-32-,35-33-. The van der Waals surface area contributed by atoms with Crippen LogP contribution in [0.15, 0.2) is 134 Å². The van der Waals surface area contributed by atoms with Crippen molar-refractivity contribution in [2.75, 3.05) is 33.0 Å². The Morgan fingerprint density at radius 1 is 0.534 bits per heavy atom. The predicted octanol–water partition coefficient (Wildman–Crippen LogP) is 11.8. The Balaban J connectivity index is 4.40. The number of carbonyl (C=O) groups is 1. The maximum Gasteiger partial charge on any atom is 0.472 e. The fraction of sp³-hybridized carbons (Fsp3) is 0.521. The molecular formula is C48H75O9P. The third kappa shape index (κ3) is 42.2. The number of unbranched alkanes of at least 4 members (excludes halogenated alkanes) is 2. The van der Waals surface area contributed by atoms with Crippen molar-refractivity contribution in [1.82, 2.24) is 0 Å². The Hall–Kier alpha value is -3.40. The number of ether oxygens (including phenoxy) is 2. The molecule has 0 bridgehead atoms. The summed E-state index contributed by atoms with van der Waals surface area (Å²) in [5, 5.41) is 18.3. The molecule has 0 aliphatic carbocycles. The largest absolute Gasteiger partial charge is 0.472 e. The molecule has 0 saturated carbocycles. The average molecular weight is 827 g/mol. The monoisotopic (exact) mass is 827 g/mol. The molecule has 0 aliphatic rings. The molecule has 0 rings (SSSR count). The third-order valence-electron chi connectivity index (χ3n) is 7.83. The van der Waals surface area contributed by atoms with Gasteiger partial charge in [0.05, 0.1) is 26.4 Å². The average Bonchev–Trinajstić information content (AvgIpc) is 3.21. The van der Waals surface area contributed by atoms with Crippen LogP contribution in [0.5, 0.6) is 0 Å². The highest BCUT2D eigenvalue weighted by molar-refractivity contribution is 7.47. The summed E-state index contributed by atoms with van der Waals surface area (Å²) < 4.78 is 33.2. The van der Waals surface area contributed by atoms with Crippen LogP contribution in [-0.2, 0) is 27.9 Å². The summed E-state index contributed by atoms with van der Waals surface area (Å²) >= 11 is 0. The van der Waals surface area contributed by atoms with Crippen molar-refractivity contribution >= 4 is 13.8 Å². The molecule has 3 atom stereocenters. The lowest BCUT2D eigenvalue weighted by molar-refractivity contribution is -0.154. The molecule has 10 heteroatoms. The Bertz CT molecular complexity index is 1350. The van der Waals surface area contributed by atoms with Crippen molar-refractivity contribution in [2.45, 2.75) is 129 Å². The zero-order chi connectivity index (χ0) is 42.5. The highest BCUT2D eigenvalue weighted by Gasteiger charge is 2.26. The van der Waals surface area contributed by atoms with E-state index in [1.165, 1.54) is 0 Å². The summed E-state index contributed by atoms with van der Waals surface area (Å²) in [7, 11) is -4.56. The van der Waals surface area contributed by atoms with Gasteiger partial charge in [0.15, 0.2) is 0 Å². The molecule has 0 aromatic carbocycles. The molecule has 0 aliphatic heterocycles. The van der Waals surface area contributed by atoms with Gasteiger partial charge < -0.3 is 24.6 Å². The summed E-state index contributed by atoms with van der Waals surface area (Å²) in [5.41, 5.74) is 0. The first kappa shape index (κ1) is 54.6. The molecule has 0 spiro atoms. The van der Waals surface area contributed by atoms with Gasteiger partial charge in [-0.1, -0.05) is 148 Å². The number of aliphatic hydroxyl groups excluding tert-OH is 2. The van der Waals surface area contributed by atoms with Gasteiger partial charge in [-0.05, 0) is 96.3 Å². The second-order valence-electron chi connectivity index (χ2n) is 13.2. The molecule has 0 aromatic heterocycles. The summed E-state index contributed by atoms with van der Waals surface area (Å²) in [6.07, 6.45) is 58.6. The molecule has 0 fully saturated rings. The van der Waals surface area contributed by atoms with Crippen LogP contribution < -0.4 is 0 Å². The number of esters is 1. The Morgan fingerprint density at radius 3 is 1.29 bits per heavy atom. The number of allylic oxidation sites excluding steroid dienone is 22. The van der Waals surface area contributed by atoms with Gasteiger partial charge in [-0.15, -0.1) is 0 Å². The zero-order valence-corrected chi connectivity index (χ0v) is 36.3. The van der Waals surface area contributed by atoms with E-state index in [2.05, 4.69) is 141 Å². The first-order valence-electron chi connectivity index (χ1n) is 21.2. The van der Waals surface area contributed by atoms with Crippen LogP contribution in [0.3, 0.4) is 0 Å². The van der Waals surface area contributed by atoms with Gasteiger partial charge in [0.25, 0.3) is 0 Å². The van der Waals surface area contributed by atoms with Crippen LogP contribution in [0.25, 0.3) is 0 Å². The van der Waals surface area contributed by atoms with Crippen molar-refractivity contribution in [2.24, 2.45) is 0 Å².